The molecule has 3 aromatic heterocycles. The van der Waals surface area contributed by atoms with E-state index in [9.17, 15) is 9.59 Å². The van der Waals surface area contributed by atoms with Gasteiger partial charge in [0.15, 0.2) is 0 Å². The third-order valence-electron chi connectivity index (χ3n) is 6.39. The highest BCUT2D eigenvalue weighted by molar-refractivity contribution is 5.92. The van der Waals surface area contributed by atoms with Crippen LogP contribution in [-0.4, -0.2) is 49.1 Å². The summed E-state index contributed by atoms with van der Waals surface area (Å²) < 4.78 is 8.60. The maximum Gasteiger partial charge on any atom is 0.341 e. The van der Waals surface area contributed by atoms with Crippen molar-refractivity contribution in [2.24, 2.45) is 7.05 Å². The van der Waals surface area contributed by atoms with Gasteiger partial charge in [0.05, 0.1) is 35.4 Å². The first-order valence-electron chi connectivity index (χ1n) is 11.3. The maximum absolute atomic E-state index is 12.8. The van der Waals surface area contributed by atoms with Gasteiger partial charge in [-0.25, -0.2) is 9.48 Å². The average molecular weight is 463 g/mol. The molecule has 0 saturated carbocycles. The Labute approximate surface area is 198 Å². The Hall–Kier alpha value is -3.72. The van der Waals surface area contributed by atoms with Crippen molar-refractivity contribution in [2.75, 3.05) is 13.7 Å². The van der Waals surface area contributed by atoms with Gasteiger partial charge in [-0.05, 0) is 40.8 Å². The van der Waals surface area contributed by atoms with E-state index in [4.69, 9.17) is 4.74 Å². The predicted octanol–water partition coefficient (Wildman–Crippen LogP) is 3.43. The fourth-order valence-electron chi connectivity index (χ4n) is 4.45. The molecule has 4 aromatic rings. The van der Waals surface area contributed by atoms with Crippen molar-refractivity contribution in [3.8, 4) is 5.69 Å². The molecule has 0 amide bonds. The molecule has 9 nitrogen and oxygen atoms in total. The van der Waals surface area contributed by atoms with Crippen molar-refractivity contribution < 1.29 is 9.53 Å². The number of rotatable bonds is 7. The zero-order valence-electron chi connectivity index (χ0n) is 20.4. The largest absolute Gasteiger partial charge is 0.462 e. The van der Waals surface area contributed by atoms with Crippen LogP contribution in [0, 0.1) is 13.8 Å². The maximum atomic E-state index is 12.8. The van der Waals surface area contributed by atoms with Crippen LogP contribution in [0.4, 0.5) is 0 Å². The van der Waals surface area contributed by atoms with E-state index in [0.29, 0.717) is 23.5 Å². The Bertz CT molecular complexity index is 1390. The van der Waals surface area contributed by atoms with E-state index in [2.05, 4.69) is 27.1 Å². The van der Waals surface area contributed by atoms with Gasteiger partial charge in [0.25, 0.3) is 5.56 Å². The molecule has 1 N–H and O–H groups in total. The number of H-pyrrole nitrogens is 1. The standard InChI is InChI=1S/C25H30N6O3/c1-7-34-25(33)19-13-26-31(21-12-23(32)30(6)20-11-9-8-10-18(20)21)22(19)14-29(5)17(4)24-15(2)27-28-16(24)3/h8-13,17H,7,14H2,1-6H3,(H,27,28). The average Bonchev–Trinajstić information content (AvgIpc) is 3.38. The van der Waals surface area contributed by atoms with Gasteiger partial charge < -0.3 is 9.30 Å². The number of carbonyl (C=O) groups excluding carboxylic acids is 1. The number of pyridine rings is 1. The Morgan fingerprint density at radius 2 is 2.00 bits per heavy atom. The summed E-state index contributed by atoms with van der Waals surface area (Å²) in [6.45, 7) is 8.52. The third kappa shape index (κ3) is 4.03. The van der Waals surface area contributed by atoms with E-state index in [0.717, 1.165) is 27.9 Å². The summed E-state index contributed by atoms with van der Waals surface area (Å²) in [6, 6.07) is 9.24. The van der Waals surface area contributed by atoms with Gasteiger partial charge in [0, 0.05) is 42.3 Å². The fourth-order valence-corrected chi connectivity index (χ4v) is 4.45. The lowest BCUT2D eigenvalue weighted by molar-refractivity contribution is 0.0523. The molecule has 0 aliphatic heterocycles. The summed E-state index contributed by atoms with van der Waals surface area (Å²) in [6.07, 6.45) is 1.52. The Morgan fingerprint density at radius 3 is 2.68 bits per heavy atom. The van der Waals surface area contributed by atoms with Crippen molar-refractivity contribution in [3.63, 3.8) is 0 Å². The SMILES string of the molecule is CCOC(=O)c1cnn(-c2cc(=O)n(C)c3ccccc23)c1CN(C)C(C)c1c(C)n[nH]c1C. The number of nitrogens with zero attached hydrogens (tertiary/aromatic N) is 5. The first kappa shape index (κ1) is 23.4. The van der Waals surface area contributed by atoms with Crippen LogP contribution < -0.4 is 5.56 Å². The van der Waals surface area contributed by atoms with Gasteiger partial charge in [-0.1, -0.05) is 18.2 Å². The van der Waals surface area contributed by atoms with Crippen LogP contribution >= 0.6 is 0 Å². The van der Waals surface area contributed by atoms with E-state index < -0.39 is 5.97 Å². The number of para-hydroxylation sites is 1. The number of carbonyl (C=O) groups is 1. The minimum atomic E-state index is -0.436. The number of ether oxygens (including phenoxy) is 1. The molecule has 0 aliphatic rings. The van der Waals surface area contributed by atoms with Gasteiger partial charge in [0.1, 0.15) is 5.56 Å². The summed E-state index contributed by atoms with van der Waals surface area (Å²) in [5.74, 6) is -0.436. The zero-order chi connectivity index (χ0) is 24.6. The van der Waals surface area contributed by atoms with Crippen LogP contribution in [0.3, 0.4) is 0 Å². The third-order valence-corrected chi connectivity index (χ3v) is 6.39. The molecule has 0 fully saturated rings. The summed E-state index contributed by atoms with van der Waals surface area (Å²) >= 11 is 0. The van der Waals surface area contributed by atoms with E-state index in [1.54, 1.807) is 29.3 Å². The predicted molar refractivity (Wildman–Crippen MR) is 130 cm³/mol. The van der Waals surface area contributed by atoms with Crippen molar-refractivity contribution in [3.05, 3.63) is 75.1 Å². The lowest BCUT2D eigenvalue weighted by atomic mass is 10.0. The van der Waals surface area contributed by atoms with E-state index in [-0.39, 0.29) is 18.2 Å². The van der Waals surface area contributed by atoms with Crippen molar-refractivity contribution >= 4 is 16.9 Å². The number of benzene rings is 1. The van der Waals surface area contributed by atoms with E-state index >= 15 is 0 Å². The second kappa shape index (κ2) is 9.26. The molecule has 0 bridgehead atoms. The number of nitrogens with one attached hydrogen (secondary N) is 1. The second-order valence-electron chi connectivity index (χ2n) is 8.52. The normalized spacial score (nSPS) is 12.4. The first-order valence-corrected chi connectivity index (χ1v) is 11.3. The van der Waals surface area contributed by atoms with Crippen LogP contribution in [-0.2, 0) is 18.3 Å². The van der Waals surface area contributed by atoms with E-state index in [1.807, 2.05) is 45.2 Å². The van der Waals surface area contributed by atoms with Crippen LogP contribution in [0.1, 0.15) is 52.9 Å². The number of esters is 1. The molecule has 0 spiro atoms. The lowest BCUT2D eigenvalue weighted by Gasteiger charge is -2.26. The summed E-state index contributed by atoms with van der Waals surface area (Å²) in [5.41, 5.74) is 5.36. The minimum Gasteiger partial charge on any atom is -0.462 e. The van der Waals surface area contributed by atoms with Gasteiger partial charge >= 0.3 is 5.97 Å². The number of aromatic amines is 1. The summed E-state index contributed by atoms with van der Waals surface area (Å²) in [5, 5.41) is 12.8. The Kier molecular flexibility index (Phi) is 6.39. The zero-order valence-corrected chi connectivity index (χ0v) is 20.4. The van der Waals surface area contributed by atoms with Crippen molar-refractivity contribution in [1.29, 1.82) is 0 Å². The van der Waals surface area contributed by atoms with Crippen LogP contribution in [0.2, 0.25) is 0 Å². The molecule has 3 heterocycles. The second-order valence-corrected chi connectivity index (χ2v) is 8.52. The van der Waals surface area contributed by atoms with E-state index in [1.165, 1.54) is 6.20 Å². The smallest absolute Gasteiger partial charge is 0.341 e. The van der Waals surface area contributed by atoms with Gasteiger partial charge in [-0.15, -0.1) is 0 Å². The molecule has 178 valence electrons. The Balaban J connectivity index is 1.85. The molecule has 1 atom stereocenters. The number of aryl methyl sites for hydroxylation is 3. The fraction of sp³-hybridized carbons (Fsp3) is 0.360. The number of hydrogen-bond acceptors (Lipinski definition) is 6. The molecule has 1 unspecified atom stereocenters. The Morgan fingerprint density at radius 1 is 1.26 bits per heavy atom. The number of fused-ring (bicyclic) bond motifs is 1. The summed E-state index contributed by atoms with van der Waals surface area (Å²) in [4.78, 5) is 27.7. The highest BCUT2D eigenvalue weighted by Crippen LogP contribution is 2.28. The lowest BCUT2D eigenvalue weighted by Crippen LogP contribution is -2.26. The first-order chi connectivity index (χ1) is 16.2. The highest BCUT2D eigenvalue weighted by atomic mass is 16.5. The minimum absolute atomic E-state index is 0.0255. The number of aromatic nitrogens is 5. The molecule has 4 rings (SSSR count). The van der Waals surface area contributed by atoms with Gasteiger partial charge in [0.2, 0.25) is 0 Å². The van der Waals surface area contributed by atoms with Crippen molar-refractivity contribution in [1.82, 2.24) is 29.4 Å². The molecule has 0 aliphatic carbocycles. The molecule has 9 heteroatoms. The van der Waals surface area contributed by atoms with Gasteiger partial charge in [-0.3, -0.25) is 14.8 Å². The monoisotopic (exact) mass is 462 g/mol. The highest BCUT2D eigenvalue weighted by Gasteiger charge is 2.25. The van der Waals surface area contributed by atoms with Crippen LogP contribution in [0.5, 0.6) is 0 Å². The molecular formula is C25H30N6O3. The topological polar surface area (TPSA) is 98.0 Å². The van der Waals surface area contributed by atoms with Crippen molar-refractivity contribution in [2.45, 2.75) is 40.3 Å². The van der Waals surface area contributed by atoms with Crippen LogP contribution in [0.25, 0.3) is 16.6 Å². The molecule has 1 aromatic carbocycles. The molecule has 34 heavy (non-hydrogen) atoms. The quantitative estimate of drug-likeness (QED) is 0.423. The number of hydrogen-bond donors (Lipinski definition) is 1. The molecule has 0 radical (unpaired) electrons. The molecule has 0 saturated heterocycles. The van der Waals surface area contributed by atoms with Crippen LogP contribution in [0.15, 0.2) is 41.3 Å². The van der Waals surface area contributed by atoms with Gasteiger partial charge in [-0.2, -0.15) is 10.2 Å². The molecular weight excluding hydrogens is 432 g/mol. The summed E-state index contributed by atoms with van der Waals surface area (Å²) in [7, 11) is 3.73.